The Bertz CT molecular complexity index is 595. The smallest absolute Gasteiger partial charge is 0.138 e. The fourth-order valence-electron chi connectivity index (χ4n) is 2.65. The summed E-state index contributed by atoms with van der Waals surface area (Å²) in [6, 6.07) is 10.9. The van der Waals surface area contributed by atoms with E-state index in [1.165, 1.54) is 16.8 Å². The van der Waals surface area contributed by atoms with Crippen LogP contribution < -0.4 is 10.1 Å². The van der Waals surface area contributed by atoms with Crippen molar-refractivity contribution in [1.29, 1.82) is 0 Å². The van der Waals surface area contributed by atoms with Crippen LogP contribution in [0.2, 0.25) is 0 Å². The van der Waals surface area contributed by atoms with Crippen LogP contribution >= 0.6 is 0 Å². The second kappa shape index (κ2) is 5.53. The molecule has 0 spiro atoms. The van der Waals surface area contributed by atoms with E-state index in [-0.39, 0.29) is 6.10 Å². The van der Waals surface area contributed by atoms with Crippen molar-refractivity contribution < 1.29 is 4.74 Å². The highest BCUT2D eigenvalue weighted by atomic mass is 16.5. The van der Waals surface area contributed by atoms with Gasteiger partial charge in [0.05, 0.1) is 18.3 Å². The quantitative estimate of drug-likeness (QED) is 0.914. The van der Waals surface area contributed by atoms with E-state index in [4.69, 9.17) is 4.74 Å². The number of hydrogen-bond acceptors (Lipinski definition) is 3. The van der Waals surface area contributed by atoms with Gasteiger partial charge in [-0.25, -0.2) is 0 Å². The maximum Gasteiger partial charge on any atom is 0.138 e. The van der Waals surface area contributed by atoms with Gasteiger partial charge in [-0.2, -0.15) is 0 Å². The molecule has 2 aromatic rings. The van der Waals surface area contributed by atoms with E-state index in [0.29, 0.717) is 6.04 Å². The zero-order valence-corrected chi connectivity index (χ0v) is 12.0. The molecule has 1 unspecified atom stereocenters. The number of anilines is 1. The lowest BCUT2D eigenvalue weighted by Gasteiger charge is -2.27. The lowest BCUT2D eigenvalue weighted by Crippen LogP contribution is -2.18. The lowest BCUT2D eigenvalue weighted by atomic mass is 9.94. The molecule has 0 amide bonds. The van der Waals surface area contributed by atoms with Gasteiger partial charge in [-0.05, 0) is 49.9 Å². The Balaban J connectivity index is 1.81. The first-order chi connectivity index (χ1) is 9.72. The van der Waals surface area contributed by atoms with Gasteiger partial charge < -0.3 is 10.1 Å². The van der Waals surface area contributed by atoms with Gasteiger partial charge in [-0.3, -0.25) is 4.98 Å². The molecule has 1 aliphatic heterocycles. The minimum absolute atomic E-state index is 0.173. The molecule has 1 N–H and O–H groups in total. The number of fused-ring (bicyclic) bond motifs is 1. The second-order valence-corrected chi connectivity index (χ2v) is 5.51. The molecule has 2 heterocycles. The van der Waals surface area contributed by atoms with Crippen molar-refractivity contribution in [1.82, 2.24) is 4.98 Å². The number of rotatable bonds is 3. The van der Waals surface area contributed by atoms with Gasteiger partial charge in [0.25, 0.3) is 0 Å². The van der Waals surface area contributed by atoms with Gasteiger partial charge >= 0.3 is 0 Å². The molecule has 104 valence electrons. The fraction of sp³-hybridized carbons (Fsp3) is 0.353. The van der Waals surface area contributed by atoms with E-state index in [0.717, 1.165) is 18.6 Å². The van der Waals surface area contributed by atoms with Gasteiger partial charge in [0.1, 0.15) is 5.75 Å². The predicted octanol–water partition coefficient (Wildman–Crippen LogP) is 3.97. The molecule has 0 saturated heterocycles. The lowest BCUT2D eigenvalue weighted by molar-refractivity contribution is 0.241. The molecule has 0 aliphatic carbocycles. The van der Waals surface area contributed by atoms with Crippen LogP contribution in [-0.2, 0) is 6.42 Å². The van der Waals surface area contributed by atoms with E-state index in [9.17, 15) is 0 Å². The Morgan fingerprint density at radius 3 is 2.95 bits per heavy atom. The highest BCUT2D eigenvalue weighted by Gasteiger charge is 2.19. The molecule has 3 rings (SSSR count). The monoisotopic (exact) mass is 268 g/mol. The van der Waals surface area contributed by atoms with Crippen LogP contribution in [0.15, 0.2) is 42.7 Å². The average molecular weight is 268 g/mol. The minimum Gasteiger partial charge on any atom is -0.489 e. The van der Waals surface area contributed by atoms with Crippen LogP contribution in [0.4, 0.5) is 5.69 Å². The number of pyridine rings is 1. The van der Waals surface area contributed by atoms with Crippen molar-refractivity contribution in [3.8, 4) is 5.75 Å². The summed E-state index contributed by atoms with van der Waals surface area (Å²) in [6.07, 6.45) is 6.07. The van der Waals surface area contributed by atoms with Crippen LogP contribution in [0.25, 0.3) is 0 Å². The minimum atomic E-state index is 0.173. The van der Waals surface area contributed by atoms with E-state index in [1.807, 2.05) is 20.0 Å². The second-order valence-electron chi connectivity index (χ2n) is 5.51. The fourth-order valence-corrected chi connectivity index (χ4v) is 2.65. The molecule has 3 nitrogen and oxygen atoms in total. The molecule has 1 aromatic heterocycles. The predicted molar refractivity (Wildman–Crippen MR) is 81.1 cm³/mol. The summed E-state index contributed by atoms with van der Waals surface area (Å²) in [5.74, 6) is 0.846. The van der Waals surface area contributed by atoms with Crippen molar-refractivity contribution in [3.05, 3.63) is 53.9 Å². The maximum atomic E-state index is 5.72. The first-order valence-corrected chi connectivity index (χ1v) is 7.18. The van der Waals surface area contributed by atoms with Crippen molar-refractivity contribution in [2.45, 2.75) is 38.8 Å². The van der Waals surface area contributed by atoms with Crippen molar-refractivity contribution in [3.63, 3.8) is 0 Å². The molecular formula is C17H20N2O. The van der Waals surface area contributed by atoms with Gasteiger partial charge in [0, 0.05) is 11.9 Å². The molecule has 20 heavy (non-hydrogen) atoms. The van der Waals surface area contributed by atoms with E-state index >= 15 is 0 Å². The third-order valence-electron chi connectivity index (χ3n) is 3.56. The highest BCUT2D eigenvalue weighted by molar-refractivity contribution is 5.54. The Hall–Kier alpha value is -2.03. The zero-order chi connectivity index (χ0) is 13.9. The summed E-state index contributed by atoms with van der Waals surface area (Å²) in [5.41, 5.74) is 3.82. The largest absolute Gasteiger partial charge is 0.489 e. The van der Waals surface area contributed by atoms with Crippen molar-refractivity contribution >= 4 is 5.69 Å². The molecule has 1 aliphatic rings. The molecular weight excluding hydrogens is 248 g/mol. The molecule has 0 radical (unpaired) electrons. The first kappa shape index (κ1) is 13.0. The summed E-state index contributed by atoms with van der Waals surface area (Å²) < 4.78 is 5.72. The van der Waals surface area contributed by atoms with Crippen LogP contribution in [0.5, 0.6) is 5.75 Å². The number of nitrogens with zero attached hydrogens (tertiary/aromatic N) is 1. The third kappa shape index (κ3) is 2.77. The Morgan fingerprint density at radius 1 is 1.25 bits per heavy atom. The number of aryl methyl sites for hydroxylation is 1. The summed E-state index contributed by atoms with van der Waals surface area (Å²) in [7, 11) is 0. The average Bonchev–Trinajstić information content (AvgIpc) is 2.46. The van der Waals surface area contributed by atoms with Crippen LogP contribution in [0.3, 0.4) is 0 Å². The summed E-state index contributed by atoms with van der Waals surface area (Å²) in [5, 5.41) is 3.60. The van der Waals surface area contributed by atoms with Crippen molar-refractivity contribution in [2.24, 2.45) is 0 Å². The van der Waals surface area contributed by atoms with Crippen molar-refractivity contribution in [2.75, 3.05) is 5.32 Å². The summed E-state index contributed by atoms with van der Waals surface area (Å²) >= 11 is 0. The number of benzene rings is 1. The maximum absolute atomic E-state index is 5.72. The Labute approximate surface area is 120 Å². The van der Waals surface area contributed by atoms with Gasteiger partial charge in [0.15, 0.2) is 0 Å². The Morgan fingerprint density at radius 2 is 2.10 bits per heavy atom. The van der Waals surface area contributed by atoms with Gasteiger partial charge in [-0.15, -0.1) is 0 Å². The first-order valence-electron chi connectivity index (χ1n) is 7.18. The summed E-state index contributed by atoms with van der Waals surface area (Å²) in [4.78, 5) is 4.30. The molecule has 0 saturated carbocycles. The number of para-hydroxylation sites is 1. The van der Waals surface area contributed by atoms with Gasteiger partial charge in [0.2, 0.25) is 0 Å². The Kier molecular flexibility index (Phi) is 3.59. The zero-order valence-electron chi connectivity index (χ0n) is 12.0. The number of aromatic nitrogens is 1. The highest BCUT2D eigenvalue weighted by Crippen LogP contribution is 2.33. The van der Waals surface area contributed by atoms with Crippen LogP contribution in [-0.4, -0.2) is 11.1 Å². The molecule has 0 fully saturated rings. The standard InChI is InChI=1S/C17H20N2O/c1-12(2)20-15-9-14(10-18-11-15)17-8-7-13-5-3-4-6-16(13)19-17/h3-6,9-12,17,19H,7-8H2,1-2H3. The summed E-state index contributed by atoms with van der Waals surface area (Å²) in [6.45, 7) is 4.06. The normalized spacial score (nSPS) is 17.4. The molecule has 0 bridgehead atoms. The molecule has 1 atom stereocenters. The topological polar surface area (TPSA) is 34.1 Å². The van der Waals surface area contributed by atoms with Crippen LogP contribution in [0.1, 0.15) is 37.4 Å². The molecule has 3 heteroatoms. The molecule has 1 aromatic carbocycles. The van der Waals surface area contributed by atoms with E-state index < -0.39 is 0 Å². The SMILES string of the molecule is CC(C)Oc1cncc(C2CCc3ccccc3N2)c1. The number of hydrogen-bond donors (Lipinski definition) is 1. The van der Waals surface area contributed by atoms with Crippen LogP contribution in [0, 0.1) is 0 Å². The number of ether oxygens (including phenoxy) is 1. The van der Waals surface area contributed by atoms with E-state index in [2.05, 4.69) is 40.6 Å². The van der Waals surface area contributed by atoms with Gasteiger partial charge in [-0.1, -0.05) is 18.2 Å². The third-order valence-corrected chi connectivity index (χ3v) is 3.56. The number of nitrogens with one attached hydrogen (secondary N) is 1. The van der Waals surface area contributed by atoms with E-state index in [1.54, 1.807) is 6.20 Å².